The lowest BCUT2D eigenvalue weighted by Gasteiger charge is -2.04. The van der Waals surface area contributed by atoms with Crippen molar-refractivity contribution in [3.63, 3.8) is 0 Å². The van der Waals surface area contributed by atoms with E-state index in [4.69, 9.17) is 11.6 Å². The number of thiophene rings is 1. The Morgan fingerprint density at radius 2 is 2.00 bits per heavy atom. The average molecular weight is 322 g/mol. The first-order chi connectivity index (χ1) is 9.74. The van der Waals surface area contributed by atoms with Gasteiger partial charge in [0.25, 0.3) is 5.56 Å². The molecule has 2 nitrogen and oxygen atoms in total. The molecule has 0 atom stereocenters. The summed E-state index contributed by atoms with van der Waals surface area (Å²) < 4.78 is 0.807. The third-order valence-corrected chi connectivity index (χ3v) is 5.25. The first kappa shape index (κ1) is 13.7. The summed E-state index contributed by atoms with van der Waals surface area (Å²) in [6.45, 7) is 0. The van der Waals surface area contributed by atoms with E-state index in [1.165, 1.54) is 16.9 Å². The lowest BCUT2D eigenvalue weighted by Crippen LogP contribution is -2.03. The molecule has 1 aromatic carbocycles. The molecule has 0 spiro atoms. The highest BCUT2D eigenvalue weighted by Crippen LogP contribution is 2.28. The lowest BCUT2D eigenvalue weighted by molar-refractivity contribution is 1.15. The molecular formula is C15H12ClNOS2. The van der Waals surface area contributed by atoms with Gasteiger partial charge in [-0.3, -0.25) is 4.79 Å². The van der Waals surface area contributed by atoms with Crippen LogP contribution in [0.1, 0.15) is 5.56 Å². The standard InChI is InChI=1S/C15H12ClNOS2/c16-11-3-1-10(2-4-11)5-7-19-13-9-17-15(18)14-12(13)6-8-20-14/h1-4,6,8-9H,5,7H2,(H,17,18). The van der Waals surface area contributed by atoms with E-state index in [0.29, 0.717) is 0 Å². The van der Waals surface area contributed by atoms with E-state index in [1.54, 1.807) is 11.8 Å². The van der Waals surface area contributed by atoms with Gasteiger partial charge in [-0.05, 0) is 35.6 Å². The summed E-state index contributed by atoms with van der Waals surface area (Å²) >= 11 is 9.13. The topological polar surface area (TPSA) is 32.9 Å². The predicted molar refractivity (Wildman–Crippen MR) is 88.3 cm³/mol. The van der Waals surface area contributed by atoms with Gasteiger partial charge in [0, 0.05) is 27.3 Å². The monoisotopic (exact) mass is 321 g/mol. The second-order valence-corrected chi connectivity index (χ2v) is 6.86. The lowest BCUT2D eigenvalue weighted by atomic mass is 10.2. The molecule has 0 bridgehead atoms. The smallest absolute Gasteiger partial charge is 0.265 e. The summed E-state index contributed by atoms with van der Waals surface area (Å²) in [7, 11) is 0. The number of hydrogen-bond acceptors (Lipinski definition) is 3. The van der Waals surface area contributed by atoms with Crippen molar-refractivity contribution in [3.8, 4) is 0 Å². The molecule has 2 heterocycles. The molecule has 0 aliphatic heterocycles. The Hall–Kier alpha value is -1.23. The zero-order valence-electron chi connectivity index (χ0n) is 10.6. The zero-order valence-corrected chi connectivity index (χ0v) is 12.9. The van der Waals surface area contributed by atoms with Crippen molar-refractivity contribution < 1.29 is 0 Å². The Morgan fingerprint density at radius 3 is 2.80 bits per heavy atom. The molecule has 5 heteroatoms. The van der Waals surface area contributed by atoms with E-state index in [-0.39, 0.29) is 5.56 Å². The number of aromatic nitrogens is 1. The van der Waals surface area contributed by atoms with Crippen LogP contribution in [-0.4, -0.2) is 10.7 Å². The molecule has 0 amide bonds. The molecule has 20 heavy (non-hydrogen) atoms. The number of H-pyrrole nitrogens is 1. The molecule has 3 rings (SSSR count). The van der Waals surface area contributed by atoms with E-state index in [2.05, 4.69) is 17.1 Å². The van der Waals surface area contributed by atoms with Crippen LogP contribution in [0.25, 0.3) is 10.1 Å². The Bertz CT molecular complexity index is 776. The summed E-state index contributed by atoms with van der Waals surface area (Å²) in [5, 5.41) is 3.78. The van der Waals surface area contributed by atoms with Gasteiger partial charge in [-0.25, -0.2) is 0 Å². The molecule has 1 N–H and O–H groups in total. The minimum atomic E-state index is -0.00273. The van der Waals surface area contributed by atoms with Crippen molar-refractivity contribution in [2.24, 2.45) is 0 Å². The summed E-state index contributed by atoms with van der Waals surface area (Å²) in [4.78, 5) is 15.6. The molecule has 102 valence electrons. The van der Waals surface area contributed by atoms with Crippen LogP contribution in [0.3, 0.4) is 0 Å². The third-order valence-electron chi connectivity index (χ3n) is 3.03. The van der Waals surface area contributed by atoms with E-state index < -0.39 is 0 Å². The number of hydrogen-bond donors (Lipinski definition) is 1. The predicted octanol–water partition coefficient (Wildman–Crippen LogP) is 4.58. The number of fused-ring (bicyclic) bond motifs is 1. The molecule has 2 aromatic heterocycles. The molecule has 0 aliphatic rings. The van der Waals surface area contributed by atoms with Crippen LogP contribution in [0, 0.1) is 0 Å². The molecule has 0 fully saturated rings. The fourth-order valence-electron chi connectivity index (χ4n) is 2.00. The van der Waals surface area contributed by atoms with Crippen LogP contribution in [-0.2, 0) is 6.42 Å². The molecule has 0 radical (unpaired) electrons. The van der Waals surface area contributed by atoms with E-state index >= 15 is 0 Å². The molecule has 0 saturated heterocycles. The van der Waals surface area contributed by atoms with Crippen LogP contribution < -0.4 is 5.56 Å². The van der Waals surface area contributed by atoms with Crippen molar-refractivity contribution in [1.82, 2.24) is 4.98 Å². The third kappa shape index (κ3) is 2.92. The van der Waals surface area contributed by atoms with Crippen molar-refractivity contribution in [3.05, 3.63) is 62.8 Å². The number of thioether (sulfide) groups is 1. The van der Waals surface area contributed by atoms with Gasteiger partial charge in [-0.15, -0.1) is 23.1 Å². The number of aryl methyl sites for hydroxylation is 1. The maximum absolute atomic E-state index is 11.7. The van der Waals surface area contributed by atoms with Gasteiger partial charge < -0.3 is 4.98 Å². The van der Waals surface area contributed by atoms with Gasteiger partial charge >= 0.3 is 0 Å². The number of aromatic amines is 1. The van der Waals surface area contributed by atoms with Crippen molar-refractivity contribution >= 4 is 44.8 Å². The SMILES string of the molecule is O=c1[nH]cc(SCCc2ccc(Cl)cc2)c2ccsc12. The van der Waals surface area contributed by atoms with Crippen LogP contribution in [0.5, 0.6) is 0 Å². The number of halogens is 1. The Morgan fingerprint density at radius 1 is 1.20 bits per heavy atom. The number of benzene rings is 1. The first-order valence-corrected chi connectivity index (χ1v) is 8.44. The molecule has 0 saturated carbocycles. The van der Waals surface area contributed by atoms with Crippen molar-refractivity contribution in [1.29, 1.82) is 0 Å². The highest BCUT2D eigenvalue weighted by molar-refractivity contribution is 7.99. The van der Waals surface area contributed by atoms with E-state index in [0.717, 1.165) is 32.2 Å². The second kappa shape index (κ2) is 6.04. The summed E-state index contributed by atoms with van der Waals surface area (Å²) in [6, 6.07) is 9.95. The minimum Gasteiger partial charge on any atom is -0.327 e. The van der Waals surface area contributed by atoms with Crippen molar-refractivity contribution in [2.45, 2.75) is 11.3 Å². The van der Waals surface area contributed by atoms with Gasteiger partial charge in [0.15, 0.2) is 0 Å². The molecule has 3 aromatic rings. The molecule has 0 aliphatic carbocycles. The first-order valence-electron chi connectivity index (χ1n) is 6.20. The fraction of sp³-hybridized carbons (Fsp3) is 0.133. The van der Waals surface area contributed by atoms with E-state index in [9.17, 15) is 4.79 Å². The maximum Gasteiger partial charge on any atom is 0.265 e. The quantitative estimate of drug-likeness (QED) is 0.713. The maximum atomic E-state index is 11.7. The summed E-state index contributed by atoms with van der Waals surface area (Å²) in [5.74, 6) is 0.971. The Balaban J connectivity index is 1.71. The van der Waals surface area contributed by atoms with Gasteiger partial charge in [-0.2, -0.15) is 0 Å². The van der Waals surface area contributed by atoms with Crippen LogP contribution in [0.4, 0.5) is 0 Å². The van der Waals surface area contributed by atoms with Gasteiger partial charge in [0.2, 0.25) is 0 Å². The van der Waals surface area contributed by atoms with Gasteiger partial charge in [-0.1, -0.05) is 23.7 Å². The Kier molecular flexibility index (Phi) is 4.15. The number of rotatable bonds is 4. The fourth-order valence-corrected chi connectivity index (χ4v) is 4.03. The van der Waals surface area contributed by atoms with E-state index in [1.807, 2.05) is 29.8 Å². The molecule has 0 unspecified atom stereocenters. The minimum absolute atomic E-state index is 0.00273. The second-order valence-electron chi connectivity index (χ2n) is 4.37. The largest absolute Gasteiger partial charge is 0.327 e. The Labute approximate surface area is 129 Å². The summed E-state index contributed by atoms with van der Waals surface area (Å²) in [5.41, 5.74) is 1.27. The zero-order chi connectivity index (χ0) is 13.9. The number of pyridine rings is 1. The van der Waals surface area contributed by atoms with Crippen LogP contribution in [0.2, 0.25) is 5.02 Å². The molecular weight excluding hydrogens is 310 g/mol. The van der Waals surface area contributed by atoms with Crippen LogP contribution >= 0.6 is 34.7 Å². The highest BCUT2D eigenvalue weighted by Gasteiger charge is 2.06. The number of nitrogens with one attached hydrogen (secondary N) is 1. The van der Waals surface area contributed by atoms with Gasteiger partial charge in [0.1, 0.15) is 4.70 Å². The average Bonchev–Trinajstić information content (AvgIpc) is 2.94. The summed E-state index contributed by atoms with van der Waals surface area (Å²) in [6.07, 6.45) is 2.79. The van der Waals surface area contributed by atoms with Crippen molar-refractivity contribution in [2.75, 3.05) is 5.75 Å². The normalized spacial score (nSPS) is 11.1. The van der Waals surface area contributed by atoms with Crippen LogP contribution in [0.15, 0.2) is 51.6 Å². The highest BCUT2D eigenvalue weighted by atomic mass is 35.5. The van der Waals surface area contributed by atoms with Gasteiger partial charge in [0.05, 0.1) is 0 Å².